The van der Waals surface area contributed by atoms with Crippen molar-refractivity contribution < 1.29 is 246 Å². The summed E-state index contributed by atoms with van der Waals surface area (Å²) in [6.07, 6.45) is 0. The van der Waals surface area contributed by atoms with E-state index in [1.807, 2.05) is 24.3 Å². The number of carboxylic acid groups (broad SMARTS) is 3. The molecular weight excluding hydrogens is 955 g/mol. The van der Waals surface area contributed by atoms with Gasteiger partial charge in [0.25, 0.3) is 0 Å². The van der Waals surface area contributed by atoms with Crippen LogP contribution < -0.4 is 227 Å². The van der Waals surface area contributed by atoms with Crippen molar-refractivity contribution in [2.24, 2.45) is 0 Å². The third kappa shape index (κ3) is 11.9. The molecule has 3 aromatic heterocycles. The van der Waals surface area contributed by atoms with E-state index in [9.17, 15) is 34.7 Å². The van der Waals surface area contributed by atoms with Crippen LogP contribution >= 0.6 is 34.0 Å². The van der Waals surface area contributed by atoms with Crippen LogP contribution in [0.4, 0.5) is 10.7 Å². The van der Waals surface area contributed by atoms with Crippen molar-refractivity contribution in [3.63, 3.8) is 0 Å². The minimum atomic E-state index is -1.53. The number of carbonyl (C=O) groups excluding carboxylic acids is 2. The Kier molecular flexibility index (Phi) is 19.5. The summed E-state index contributed by atoms with van der Waals surface area (Å²) >= 11 is 4.02. The van der Waals surface area contributed by atoms with Gasteiger partial charge in [0, 0.05) is 25.6 Å². The summed E-state index contributed by atoms with van der Waals surface area (Å²) in [5.41, 5.74) is 0.700. The summed E-state index contributed by atoms with van der Waals surface area (Å²) in [5, 5.41) is 42.4. The van der Waals surface area contributed by atoms with Gasteiger partial charge in [0.05, 0.1) is 40.5 Å². The summed E-state index contributed by atoms with van der Waals surface area (Å²) < 4.78 is 5.36. The fraction of sp³-hybridized carbons (Fsp3) is 0.125. The fourth-order valence-electron chi connectivity index (χ4n) is 3.51. The second-order valence-electron chi connectivity index (χ2n) is 7.69. The Morgan fingerprint density at radius 1 is 0.780 bits per heavy atom. The van der Waals surface area contributed by atoms with Crippen molar-refractivity contribution in [2.75, 3.05) is 24.6 Å². The van der Waals surface area contributed by atoms with Gasteiger partial charge in [-0.25, -0.2) is 4.79 Å². The van der Waals surface area contributed by atoms with E-state index in [2.05, 4.69) is 0 Å². The number of hydrogen-bond acceptors (Lipinski definition) is 12. The first kappa shape index (κ1) is 40.9. The molecule has 0 aliphatic heterocycles. The number of anilines is 1. The van der Waals surface area contributed by atoms with E-state index in [0.717, 1.165) is 40.6 Å². The van der Waals surface area contributed by atoms with Gasteiger partial charge in [-0.1, -0.05) is 17.4 Å². The molecule has 3 heterocycles. The van der Waals surface area contributed by atoms with E-state index in [4.69, 9.17) is 9.84 Å². The number of carbonyl (C=O) groups is 3. The van der Waals surface area contributed by atoms with Gasteiger partial charge < -0.3 is 34.5 Å². The van der Waals surface area contributed by atoms with Crippen molar-refractivity contribution >= 4 is 62.6 Å². The number of nitro groups is 1. The van der Waals surface area contributed by atoms with E-state index in [1.165, 1.54) is 40.9 Å². The molecule has 0 amide bonds. The smallest absolute Gasteiger partial charge is 0.548 e. The van der Waals surface area contributed by atoms with Crippen molar-refractivity contribution in [1.82, 2.24) is 0 Å². The average molecular weight is 971 g/mol. The van der Waals surface area contributed by atoms with E-state index in [-0.39, 0.29) is 223 Å². The third-order valence-corrected chi connectivity index (χ3v) is 8.69. The molecule has 0 aliphatic rings. The Hall–Kier alpha value is 1.89. The molecule has 1 aromatic carbocycles. The summed E-state index contributed by atoms with van der Waals surface area (Å²) in [7, 11) is 0. The Labute approximate surface area is 422 Å². The number of nitrogens with zero attached hydrogens (tertiary/aromatic N) is 2. The van der Waals surface area contributed by atoms with Gasteiger partial charge in [0.1, 0.15) is 5.75 Å². The summed E-state index contributed by atoms with van der Waals surface area (Å²) in [6.45, 7) is -2.27. The van der Waals surface area contributed by atoms with Crippen LogP contribution in [-0.4, -0.2) is 47.6 Å². The van der Waals surface area contributed by atoms with E-state index in [0.29, 0.717) is 5.56 Å². The number of rotatable bonds is 12. The largest absolute Gasteiger partial charge is 1.00 e. The second kappa shape index (κ2) is 19.5. The molecule has 196 valence electrons. The minimum Gasteiger partial charge on any atom is -0.548 e. The summed E-state index contributed by atoms with van der Waals surface area (Å²) in [5.74, 6) is -4.35. The molecule has 17 heteroatoms. The molecule has 0 spiro atoms. The fourth-order valence-corrected chi connectivity index (χ4v) is 6.52. The van der Waals surface area contributed by atoms with Gasteiger partial charge >= 0.3 is 218 Å². The molecule has 0 radical (unpaired) electrons. The maximum absolute atomic E-state index is 11.2. The van der Waals surface area contributed by atoms with Crippen LogP contribution in [0.15, 0.2) is 54.6 Å². The minimum absolute atomic E-state index is 0. The number of thiophene rings is 3. The zero-order chi connectivity index (χ0) is 27.4. The second-order valence-corrected chi connectivity index (χ2v) is 10.9. The van der Waals surface area contributed by atoms with E-state index < -0.39 is 42.5 Å². The first-order valence-corrected chi connectivity index (χ1v) is 13.1. The van der Waals surface area contributed by atoms with Gasteiger partial charge in [0.2, 0.25) is 0 Å². The van der Waals surface area contributed by atoms with E-state index in [1.54, 1.807) is 12.1 Å². The Balaban J connectivity index is 0.00000280. The molecule has 0 bridgehead atoms. The predicted octanol–water partition coefficient (Wildman–Crippen LogP) is -6.44. The monoisotopic (exact) mass is 971 g/mol. The number of aliphatic carboxylic acids is 3. The molecule has 11 nitrogen and oxygen atoms in total. The van der Waals surface area contributed by atoms with Gasteiger partial charge in [-0.3, -0.25) is 10.1 Å². The maximum Gasteiger partial charge on any atom is 1.00 e. The van der Waals surface area contributed by atoms with Crippen LogP contribution in [-0.2, 0) is 14.4 Å². The molecule has 0 saturated carbocycles. The van der Waals surface area contributed by atoms with Crippen molar-refractivity contribution in [2.45, 2.75) is 0 Å². The molecule has 1 N–H and O–H groups in total. The van der Waals surface area contributed by atoms with Crippen molar-refractivity contribution in [3.05, 3.63) is 64.7 Å². The predicted molar refractivity (Wildman–Crippen MR) is 138 cm³/mol. The SMILES string of the molecule is O=C([O-])CN(CC(=O)[O-])c1ccc(-c2ccc(-c3ccc(-c4ccc([N+](=O)[O-])s4)s3)s2)cc1OCC(=O)O.[Cs+].[Cs+].[Cs+]. The van der Waals surface area contributed by atoms with Crippen LogP contribution in [0.2, 0.25) is 0 Å². The Morgan fingerprint density at radius 3 is 1.76 bits per heavy atom. The van der Waals surface area contributed by atoms with Gasteiger partial charge in [-0.2, -0.15) is 0 Å². The van der Waals surface area contributed by atoms with E-state index >= 15 is 0 Å². The average Bonchev–Trinajstić information content (AvgIpc) is 3.61. The Morgan fingerprint density at radius 2 is 1.27 bits per heavy atom. The van der Waals surface area contributed by atoms with Crippen LogP contribution in [0.3, 0.4) is 0 Å². The zero-order valence-electron chi connectivity index (χ0n) is 22.1. The number of hydrogen-bond donors (Lipinski definition) is 1. The van der Waals surface area contributed by atoms with Crippen LogP contribution in [0.1, 0.15) is 0 Å². The topological polar surface area (TPSA) is 173 Å². The standard InChI is InChI=1S/C24H18N2O9S3.3Cs/c27-22(28)10-25(11-23(29)30)14-2-1-13(9-15(14)35-12-24(31)32)16-3-4-17(36-16)18-5-6-19(37-18)20-7-8-21(38-20)26(33)34;;;/h1-9H,10-12H2,(H,27,28)(H,29,30)(H,31,32);;;/q;3*+1/p-2. The normalized spacial score (nSPS) is 9.95. The molecule has 4 rings (SSSR count). The quantitative estimate of drug-likeness (QED) is 0.106. The van der Waals surface area contributed by atoms with Crippen molar-refractivity contribution in [1.29, 1.82) is 0 Å². The van der Waals surface area contributed by atoms with Crippen LogP contribution in [0, 0.1) is 10.1 Å². The molecule has 0 unspecified atom stereocenters. The first-order chi connectivity index (χ1) is 18.1. The summed E-state index contributed by atoms with van der Waals surface area (Å²) in [4.78, 5) is 49.3. The molecule has 0 fully saturated rings. The van der Waals surface area contributed by atoms with Crippen LogP contribution in [0.5, 0.6) is 5.75 Å². The van der Waals surface area contributed by atoms with Gasteiger partial charge in [0.15, 0.2) is 6.61 Å². The third-order valence-electron chi connectivity index (χ3n) is 5.05. The molecule has 4 aromatic rings. The van der Waals surface area contributed by atoms with Crippen LogP contribution in [0.25, 0.3) is 29.9 Å². The molecular formula is C24H16Cs3N2O9S3+. The van der Waals surface area contributed by atoms with Crippen molar-refractivity contribution in [3.8, 4) is 35.7 Å². The van der Waals surface area contributed by atoms with Gasteiger partial charge in [-0.15, -0.1) is 22.7 Å². The number of ether oxygens (including phenoxy) is 1. The molecule has 0 atom stereocenters. The zero-order valence-corrected chi connectivity index (χ0v) is 43.4. The molecule has 0 saturated heterocycles. The maximum atomic E-state index is 11.2. The van der Waals surface area contributed by atoms with Gasteiger partial charge in [-0.05, 0) is 48.0 Å². The summed E-state index contributed by atoms with van der Waals surface area (Å²) in [6, 6.07) is 15.3. The Bertz CT molecular complexity index is 1520. The molecule has 41 heavy (non-hydrogen) atoms. The molecule has 0 aliphatic carbocycles. The number of benzene rings is 1. The first-order valence-electron chi connectivity index (χ1n) is 10.7. The number of carboxylic acids is 3.